The number of rotatable bonds is 6. The minimum absolute atomic E-state index is 0.000727. The molecule has 0 spiro atoms. The monoisotopic (exact) mass is 345 g/mol. The number of fused-ring (bicyclic) bond motifs is 1. The molecule has 25 heavy (non-hydrogen) atoms. The van der Waals surface area contributed by atoms with Crippen molar-refractivity contribution in [3.8, 4) is 0 Å². The first-order valence-corrected chi connectivity index (χ1v) is 8.85. The Morgan fingerprint density at radius 2 is 2.00 bits per heavy atom. The first-order valence-electron chi connectivity index (χ1n) is 8.85. The Morgan fingerprint density at radius 3 is 2.68 bits per heavy atom. The molecule has 0 atom stereocenters. The summed E-state index contributed by atoms with van der Waals surface area (Å²) in [6, 6.07) is 5.57. The molecule has 1 heterocycles. The topological polar surface area (TPSA) is 78.5 Å². The molecule has 6 nitrogen and oxygen atoms in total. The van der Waals surface area contributed by atoms with E-state index in [0.29, 0.717) is 18.9 Å². The predicted octanol–water partition coefficient (Wildman–Crippen LogP) is 2.48. The lowest BCUT2D eigenvalue weighted by atomic mass is 9.99. The average molecular weight is 345 g/mol. The third kappa shape index (κ3) is 5.31. The summed E-state index contributed by atoms with van der Waals surface area (Å²) in [7, 11) is 0. The Kier molecular flexibility index (Phi) is 6.56. The Balaban J connectivity index is 2.03. The van der Waals surface area contributed by atoms with Crippen molar-refractivity contribution in [3.63, 3.8) is 0 Å². The number of nitrogens with one attached hydrogen (secondary N) is 2. The Labute approximate surface area is 149 Å². The van der Waals surface area contributed by atoms with Gasteiger partial charge in [-0.25, -0.2) is 0 Å². The lowest BCUT2D eigenvalue weighted by Gasteiger charge is -2.31. The molecule has 1 aliphatic rings. The van der Waals surface area contributed by atoms with Crippen LogP contribution in [0.4, 0.5) is 11.4 Å². The van der Waals surface area contributed by atoms with Gasteiger partial charge < -0.3 is 15.5 Å². The zero-order chi connectivity index (χ0) is 18.4. The van der Waals surface area contributed by atoms with Crippen LogP contribution >= 0.6 is 0 Å². The second kappa shape index (κ2) is 8.65. The molecule has 1 aliphatic heterocycles. The van der Waals surface area contributed by atoms with Gasteiger partial charge in [0.25, 0.3) is 0 Å². The van der Waals surface area contributed by atoms with Crippen LogP contribution in [0, 0.1) is 5.92 Å². The molecule has 0 bridgehead atoms. The fourth-order valence-corrected chi connectivity index (χ4v) is 2.97. The fourth-order valence-electron chi connectivity index (χ4n) is 2.97. The molecule has 6 heteroatoms. The van der Waals surface area contributed by atoms with Gasteiger partial charge in [-0.2, -0.15) is 0 Å². The number of benzene rings is 1. The summed E-state index contributed by atoms with van der Waals surface area (Å²) in [6.07, 6.45) is 2.90. The number of anilines is 2. The van der Waals surface area contributed by atoms with Crippen LogP contribution in [-0.2, 0) is 20.8 Å². The highest BCUT2D eigenvalue weighted by molar-refractivity contribution is 5.99. The van der Waals surface area contributed by atoms with Crippen LogP contribution in [0.2, 0.25) is 0 Å². The molecule has 1 aromatic carbocycles. The summed E-state index contributed by atoms with van der Waals surface area (Å²) >= 11 is 0. The van der Waals surface area contributed by atoms with Gasteiger partial charge in [0.1, 0.15) is 0 Å². The highest BCUT2D eigenvalue weighted by Gasteiger charge is 2.24. The number of nitrogens with zero attached hydrogens (tertiary/aromatic N) is 1. The molecular formula is C19H27N3O3. The molecule has 0 fully saturated rings. The lowest BCUT2D eigenvalue weighted by molar-refractivity contribution is -0.125. The van der Waals surface area contributed by atoms with E-state index in [4.69, 9.17) is 0 Å². The second-order valence-electron chi connectivity index (χ2n) is 6.84. The Bertz CT molecular complexity index is 655. The minimum Gasteiger partial charge on any atom is -0.347 e. The van der Waals surface area contributed by atoms with E-state index in [1.54, 1.807) is 4.90 Å². The van der Waals surface area contributed by atoms with E-state index in [1.165, 1.54) is 6.92 Å². The summed E-state index contributed by atoms with van der Waals surface area (Å²) in [5, 5.41) is 5.54. The molecule has 0 aromatic heterocycles. The normalized spacial score (nSPS) is 13.4. The fraction of sp³-hybridized carbons (Fsp3) is 0.526. The van der Waals surface area contributed by atoms with Crippen LogP contribution in [0.1, 0.15) is 45.6 Å². The standard InChI is InChI=1S/C19H27N3O3/c1-13(2)9-10-18(24)20-12-19(25)22-11-5-6-15-16(21-14(3)23)7-4-8-17(15)22/h4,7-8,13H,5-6,9-12H2,1-3H3,(H,20,24)(H,21,23). The number of carbonyl (C=O) groups is 3. The second-order valence-corrected chi connectivity index (χ2v) is 6.84. The Hall–Kier alpha value is -2.37. The van der Waals surface area contributed by atoms with Crippen molar-refractivity contribution in [1.82, 2.24) is 5.32 Å². The quantitative estimate of drug-likeness (QED) is 0.831. The van der Waals surface area contributed by atoms with Crippen molar-refractivity contribution < 1.29 is 14.4 Å². The van der Waals surface area contributed by atoms with E-state index in [9.17, 15) is 14.4 Å². The molecule has 2 rings (SSSR count). The van der Waals surface area contributed by atoms with Crippen LogP contribution in [0.5, 0.6) is 0 Å². The molecule has 0 saturated heterocycles. The largest absolute Gasteiger partial charge is 0.347 e. The van der Waals surface area contributed by atoms with E-state index >= 15 is 0 Å². The van der Waals surface area contributed by atoms with Gasteiger partial charge >= 0.3 is 0 Å². The van der Waals surface area contributed by atoms with E-state index in [1.807, 2.05) is 18.2 Å². The first-order chi connectivity index (χ1) is 11.9. The van der Waals surface area contributed by atoms with Crippen LogP contribution in [0.25, 0.3) is 0 Å². The van der Waals surface area contributed by atoms with Crippen molar-refractivity contribution in [2.24, 2.45) is 5.92 Å². The van der Waals surface area contributed by atoms with E-state index in [-0.39, 0.29) is 24.3 Å². The number of hydrogen-bond acceptors (Lipinski definition) is 3. The van der Waals surface area contributed by atoms with Crippen molar-refractivity contribution in [3.05, 3.63) is 23.8 Å². The van der Waals surface area contributed by atoms with Crippen molar-refractivity contribution in [2.45, 2.75) is 46.5 Å². The summed E-state index contributed by atoms with van der Waals surface area (Å²) in [5.74, 6) is 0.113. The minimum atomic E-state index is -0.130. The lowest BCUT2D eigenvalue weighted by Crippen LogP contribution is -2.42. The summed E-state index contributed by atoms with van der Waals surface area (Å²) in [6.45, 7) is 6.22. The SMILES string of the molecule is CC(=O)Nc1cccc2c1CCCN2C(=O)CNC(=O)CCC(C)C. The van der Waals surface area contributed by atoms with Crippen LogP contribution in [0.15, 0.2) is 18.2 Å². The molecular weight excluding hydrogens is 318 g/mol. The highest BCUT2D eigenvalue weighted by atomic mass is 16.2. The van der Waals surface area contributed by atoms with Crippen LogP contribution < -0.4 is 15.5 Å². The van der Waals surface area contributed by atoms with Crippen molar-refractivity contribution >= 4 is 29.1 Å². The molecule has 0 radical (unpaired) electrons. The maximum Gasteiger partial charge on any atom is 0.246 e. The molecule has 2 N–H and O–H groups in total. The van der Waals surface area contributed by atoms with E-state index in [0.717, 1.165) is 36.2 Å². The van der Waals surface area contributed by atoms with Crippen LogP contribution in [-0.4, -0.2) is 30.8 Å². The molecule has 1 aromatic rings. The first kappa shape index (κ1) is 19.0. The third-order valence-corrected chi connectivity index (χ3v) is 4.25. The summed E-state index contributed by atoms with van der Waals surface area (Å²) in [4.78, 5) is 37.5. The Morgan fingerprint density at radius 1 is 1.24 bits per heavy atom. The number of hydrogen-bond donors (Lipinski definition) is 2. The van der Waals surface area contributed by atoms with Gasteiger partial charge in [0.05, 0.1) is 6.54 Å². The zero-order valence-electron chi connectivity index (χ0n) is 15.2. The summed E-state index contributed by atoms with van der Waals surface area (Å²) in [5.41, 5.74) is 2.55. The smallest absolute Gasteiger partial charge is 0.246 e. The van der Waals surface area contributed by atoms with Gasteiger partial charge in [-0.3, -0.25) is 14.4 Å². The zero-order valence-corrected chi connectivity index (χ0v) is 15.2. The van der Waals surface area contributed by atoms with E-state index in [2.05, 4.69) is 24.5 Å². The molecule has 3 amide bonds. The van der Waals surface area contributed by atoms with E-state index < -0.39 is 0 Å². The third-order valence-electron chi connectivity index (χ3n) is 4.25. The number of amides is 3. The highest BCUT2D eigenvalue weighted by Crippen LogP contribution is 2.32. The van der Waals surface area contributed by atoms with Gasteiger partial charge in [-0.15, -0.1) is 0 Å². The average Bonchev–Trinajstić information content (AvgIpc) is 2.57. The molecule has 0 saturated carbocycles. The van der Waals surface area contributed by atoms with Gasteiger partial charge in [0, 0.05) is 31.3 Å². The van der Waals surface area contributed by atoms with Gasteiger partial charge in [-0.05, 0) is 42.9 Å². The molecule has 136 valence electrons. The van der Waals surface area contributed by atoms with Crippen molar-refractivity contribution in [2.75, 3.05) is 23.3 Å². The summed E-state index contributed by atoms with van der Waals surface area (Å²) < 4.78 is 0. The predicted molar refractivity (Wildman–Crippen MR) is 98.5 cm³/mol. The van der Waals surface area contributed by atoms with Gasteiger partial charge in [-0.1, -0.05) is 19.9 Å². The number of carbonyl (C=O) groups excluding carboxylic acids is 3. The maximum atomic E-state index is 12.6. The maximum absolute atomic E-state index is 12.6. The molecule has 0 aliphatic carbocycles. The van der Waals surface area contributed by atoms with Crippen LogP contribution in [0.3, 0.4) is 0 Å². The molecule has 0 unspecified atom stereocenters. The van der Waals surface area contributed by atoms with Gasteiger partial charge in [0.15, 0.2) is 0 Å². The van der Waals surface area contributed by atoms with Crippen molar-refractivity contribution in [1.29, 1.82) is 0 Å². The van der Waals surface area contributed by atoms with Gasteiger partial charge in [0.2, 0.25) is 17.7 Å².